The predicted octanol–water partition coefficient (Wildman–Crippen LogP) is 3.14. The zero-order valence-electron chi connectivity index (χ0n) is 16.0. The zero-order chi connectivity index (χ0) is 19.0. The number of hydrogen-bond acceptors (Lipinski definition) is 4. The first-order valence-electron chi connectivity index (χ1n) is 9.32. The molecule has 1 saturated carbocycles. The van der Waals surface area contributed by atoms with Gasteiger partial charge in [0.2, 0.25) is 0 Å². The number of methoxy groups -OCH3 is 1. The van der Waals surface area contributed by atoms with Crippen LogP contribution in [0, 0.1) is 6.92 Å². The zero-order valence-corrected chi connectivity index (χ0v) is 16.0. The van der Waals surface area contributed by atoms with Crippen LogP contribution in [0.2, 0.25) is 0 Å². The number of ether oxygens (including phenoxy) is 1. The summed E-state index contributed by atoms with van der Waals surface area (Å²) in [5.74, 6) is 1.26. The van der Waals surface area contributed by atoms with Gasteiger partial charge in [0.15, 0.2) is 5.65 Å². The predicted molar refractivity (Wildman–Crippen MR) is 104 cm³/mol. The summed E-state index contributed by atoms with van der Waals surface area (Å²) in [5.41, 5.74) is 4.47. The number of pyridine rings is 1. The van der Waals surface area contributed by atoms with Crippen molar-refractivity contribution >= 4 is 16.9 Å². The van der Waals surface area contributed by atoms with Gasteiger partial charge < -0.3 is 10.1 Å². The SMILES string of the molecule is COc1ccc(CCNC(=O)c2cc(C3CC3)nc3c2c(C)nn3C)cc1. The molecule has 0 saturated heterocycles. The number of nitrogens with zero attached hydrogens (tertiary/aromatic N) is 3. The van der Waals surface area contributed by atoms with Gasteiger partial charge in [0, 0.05) is 25.2 Å². The molecule has 1 aliphatic rings. The van der Waals surface area contributed by atoms with E-state index in [1.54, 1.807) is 11.8 Å². The van der Waals surface area contributed by atoms with Crippen molar-refractivity contribution in [1.29, 1.82) is 0 Å². The number of aryl methyl sites for hydroxylation is 2. The van der Waals surface area contributed by atoms with Gasteiger partial charge in [-0.2, -0.15) is 5.10 Å². The smallest absolute Gasteiger partial charge is 0.252 e. The standard InChI is InChI=1S/C21H24N4O2/c1-13-19-17(12-18(15-6-7-15)23-20(19)25(2)24-13)21(26)22-11-10-14-4-8-16(27-3)9-5-14/h4-5,8-9,12,15H,6-7,10-11H2,1-3H3,(H,22,26). The van der Waals surface area contributed by atoms with E-state index in [0.717, 1.165) is 53.0 Å². The van der Waals surface area contributed by atoms with Crippen LogP contribution in [-0.2, 0) is 13.5 Å². The fourth-order valence-corrected chi connectivity index (χ4v) is 3.44. The number of carbonyl (C=O) groups is 1. The molecule has 27 heavy (non-hydrogen) atoms. The van der Waals surface area contributed by atoms with E-state index in [1.807, 2.05) is 44.3 Å². The van der Waals surface area contributed by atoms with Gasteiger partial charge in [-0.05, 0) is 49.9 Å². The Morgan fingerprint density at radius 2 is 2.04 bits per heavy atom. The normalized spacial score (nSPS) is 13.7. The number of fused-ring (bicyclic) bond motifs is 1. The maximum Gasteiger partial charge on any atom is 0.252 e. The van der Waals surface area contributed by atoms with Crippen molar-refractivity contribution in [3.8, 4) is 5.75 Å². The first kappa shape index (κ1) is 17.5. The molecule has 6 nitrogen and oxygen atoms in total. The minimum absolute atomic E-state index is 0.0612. The van der Waals surface area contributed by atoms with E-state index in [9.17, 15) is 4.79 Å². The van der Waals surface area contributed by atoms with Crippen LogP contribution < -0.4 is 10.1 Å². The second kappa shape index (κ2) is 7.02. The summed E-state index contributed by atoms with van der Waals surface area (Å²) >= 11 is 0. The van der Waals surface area contributed by atoms with Crippen LogP contribution >= 0.6 is 0 Å². The number of nitrogens with one attached hydrogen (secondary N) is 1. The average molecular weight is 364 g/mol. The van der Waals surface area contributed by atoms with Gasteiger partial charge >= 0.3 is 0 Å². The fraction of sp³-hybridized carbons (Fsp3) is 0.381. The van der Waals surface area contributed by atoms with Gasteiger partial charge in [0.25, 0.3) is 5.91 Å². The molecule has 6 heteroatoms. The molecule has 140 valence electrons. The van der Waals surface area contributed by atoms with Crippen LogP contribution in [0.1, 0.15) is 46.1 Å². The Kier molecular flexibility index (Phi) is 4.56. The molecule has 0 atom stereocenters. The highest BCUT2D eigenvalue weighted by molar-refractivity contribution is 6.06. The first-order valence-corrected chi connectivity index (χ1v) is 9.32. The van der Waals surface area contributed by atoms with Gasteiger partial charge in [-0.25, -0.2) is 4.98 Å². The minimum atomic E-state index is -0.0612. The van der Waals surface area contributed by atoms with E-state index in [0.29, 0.717) is 18.0 Å². The highest BCUT2D eigenvalue weighted by Gasteiger charge is 2.28. The summed E-state index contributed by atoms with van der Waals surface area (Å²) in [5, 5.41) is 8.37. The molecule has 0 unspecified atom stereocenters. The average Bonchev–Trinajstić information content (AvgIpc) is 3.48. The number of amides is 1. The molecule has 0 spiro atoms. The summed E-state index contributed by atoms with van der Waals surface area (Å²) in [6.07, 6.45) is 3.06. The Bertz CT molecular complexity index is 988. The third kappa shape index (κ3) is 3.52. The van der Waals surface area contributed by atoms with Crippen molar-refractivity contribution in [1.82, 2.24) is 20.1 Å². The lowest BCUT2D eigenvalue weighted by Crippen LogP contribution is -2.26. The number of carbonyl (C=O) groups excluding carboxylic acids is 1. The monoisotopic (exact) mass is 364 g/mol. The van der Waals surface area contributed by atoms with E-state index in [-0.39, 0.29) is 5.91 Å². The molecule has 2 aromatic heterocycles. The third-order valence-corrected chi connectivity index (χ3v) is 5.09. The summed E-state index contributed by atoms with van der Waals surface area (Å²) < 4.78 is 6.94. The molecule has 0 radical (unpaired) electrons. The van der Waals surface area contributed by atoms with Crippen LogP contribution in [0.5, 0.6) is 5.75 Å². The Morgan fingerprint density at radius 1 is 1.30 bits per heavy atom. The second-order valence-corrected chi connectivity index (χ2v) is 7.13. The van der Waals surface area contributed by atoms with Crippen molar-refractivity contribution in [2.75, 3.05) is 13.7 Å². The van der Waals surface area contributed by atoms with Gasteiger partial charge in [-0.3, -0.25) is 9.48 Å². The van der Waals surface area contributed by atoms with Crippen molar-refractivity contribution in [2.24, 2.45) is 7.05 Å². The maximum absolute atomic E-state index is 12.9. The summed E-state index contributed by atoms with van der Waals surface area (Å²) in [4.78, 5) is 17.7. The molecule has 3 aromatic rings. The number of rotatable bonds is 6. The van der Waals surface area contributed by atoms with E-state index in [4.69, 9.17) is 9.72 Å². The van der Waals surface area contributed by atoms with Gasteiger partial charge in [0.1, 0.15) is 5.75 Å². The quantitative estimate of drug-likeness (QED) is 0.730. The second-order valence-electron chi connectivity index (χ2n) is 7.13. The molecule has 0 aliphatic heterocycles. The number of aromatic nitrogens is 3. The topological polar surface area (TPSA) is 69.0 Å². The van der Waals surface area contributed by atoms with E-state index >= 15 is 0 Å². The first-order chi connectivity index (χ1) is 13.1. The highest BCUT2D eigenvalue weighted by Crippen LogP contribution is 2.40. The Hall–Kier alpha value is -2.89. The molecule has 1 aromatic carbocycles. The van der Waals surface area contributed by atoms with Crippen molar-refractivity contribution in [3.63, 3.8) is 0 Å². The van der Waals surface area contributed by atoms with Crippen LogP contribution in [0.4, 0.5) is 0 Å². The molecular formula is C21H24N4O2. The molecule has 0 bridgehead atoms. The van der Waals surface area contributed by atoms with Crippen LogP contribution in [0.15, 0.2) is 30.3 Å². The van der Waals surface area contributed by atoms with Crippen molar-refractivity contribution in [3.05, 3.63) is 52.8 Å². The van der Waals surface area contributed by atoms with Gasteiger partial charge in [0.05, 0.1) is 23.8 Å². The number of hydrogen-bond donors (Lipinski definition) is 1. The van der Waals surface area contributed by atoms with Gasteiger partial charge in [-0.15, -0.1) is 0 Å². The third-order valence-electron chi connectivity index (χ3n) is 5.09. The molecule has 4 rings (SSSR count). The lowest BCUT2D eigenvalue weighted by molar-refractivity contribution is 0.0955. The largest absolute Gasteiger partial charge is 0.497 e. The van der Waals surface area contributed by atoms with Crippen LogP contribution in [0.25, 0.3) is 11.0 Å². The highest BCUT2D eigenvalue weighted by atomic mass is 16.5. The van der Waals surface area contributed by atoms with Crippen LogP contribution in [-0.4, -0.2) is 34.3 Å². The molecule has 1 fully saturated rings. The molecule has 1 aliphatic carbocycles. The molecule has 1 N–H and O–H groups in total. The van der Waals surface area contributed by atoms with Gasteiger partial charge in [-0.1, -0.05) is 12.1 Å². The summed E-state index contributed by atoms with van der Waals surface area (Å²) in [7, 11) is 3.53. The maximum atomic E-state index is 12.9. The van der Waals surface area contributed by atoms with Crippen molar-refractivity contribution < 1.29 is 9.53 Å². The van der Waals surface area contributed by atoms with E-state index in [2.05, 4.69) is 10.4 Å². The van der Waals surface area contributed by atoms with E-state index in [1.165, 1.54) is 0 Å². The Morgan fingerprint density at radius 3 is 2.70 bits per heavy atom. The summed E-state index contributed by atoms with van der Waals surface area (Å²) in [6.45, 7) is 2.50. The Labute approximate surface area is 158 Å². The van der Waals surface area contributed by atoms with E-state index < -0.39 is 0 Å². The number of benzene rings is 1. The lowest BCUT2D eigenvalue weighted by Gasteiger charge is -2.09. The molecule has 2 heterocycles. The molecule has 1 amide bonds. The fourth-order valence-electron chi connectivity index (χ4n) is 3.44. The molecular weight excluding hydrogens is 340 g/mol. The Balaban J connectivity index is 1.53. The lowest BCUT2D eigenvalue weighted by atomic mass is 10.1. The summed E-state index contributed by atoms with van der Waals surface area (Å²) in [6, 6.07) is 9.87. The van der Waals surface area contributed by atoms with Crippen LogP contribution in [0.3, 0.4) is 0 Å². The van der Waals surface area contributed by atoms with Crippen molar-refractivity contribution in [2.45, 2.75) is 32.1 Å². The minimum Gasteiger partial charge on any atom is -0.497 e.